The highest BCUT2D eigenvalue weighted by Crippen LogP contribution is 2.11. The maximum absolute atomic E-state index is 10.3. The number of nitrogens with one attached hydrogen (secondary N) is 1. The van der Waals surface area contributed by atoms with Crippen LogP contribution in [0.25, 0.3) is 0 Å². The summed E-state index contributed by atoms with van der Waals surface area (Å²) in [7, 11) is 0. The fourth-order valence-corrected chi connectivity index (χ4v) is 0.726. The van der Waals surface area contributed by atoms with E-state index in [9.17, 15) is 14.9 Å². The summed E-state index contributed by atoms with van der Waals surface area (Å²) in [5.74, 6) is -0.939. The smallest absolute Gasteiger partial charge is 0.332 e. The fraction of sp³-hybridized carbons (Fsp3) is 0.143. The molecular formula is C7H7N3O5. The molecule has 0 radical (unpaired) electrons. The number of aromatic nitrogens is 1. The Kier molecular flexibility index (Phi) is 3.52. The van der Waals surface area contributed by atoms with Crippen LogP contribution in [0.15, 0.2) is 18.3 Å². The molecule has 15 heavy (non-hydrogen) atoms. The van der Waals surface area contributed by atoms with Gasteiger partial charge in [0.25, 0.3) is 5.69 Å². The van der Waals surface area contributed by atoms with Crippen LogP contribution < -0.4 is 5.48 Å². The highest BCUT2D eigenvalue weighted by Gasteiger charge is 2.05. The Bertz CT molecular complexity index is 363. The zero-order valence-electron chi connectivity index (χ0n) is 7.41. The SMILES string of the molecule is O=C(O)CONc1ccc([N+](=O)[O-])cn1. The van der Waals surface area contributed by atoms with Gasteiger partial charge in [-0.15, -0.1) is 0 Å². The van der Waals surface area contributed by atoms with Gasteiger partial charge in [0, 0.05) is 6.07 Å². The summed E-state index contributed by atoms with van der Waals surface area (Å²) in [5.41, 5.74) is 2.07. The number of anilines is 1. The number of rotatable bonds is 5. The van der Waals surface area contributed by atoms with Crippen LogP contribution in [0, 0.1) is 10.1 Å². The monoisotopic (exact) mass is 213 g/mol. The van der Waals surface area contributed by atoms with Gasteiger partial charge in [-0.05, 0) is 6.07 Å². The van der Waals surface area contributed by atoms with E-state index < -0.39 is 17.5 Å². The topological polar surface area (TPSA) is 115 Å². The maximum atomic E-state index is 10.3. The number of hydrogen-bond acceptors (Lipinski definition) is 6. The van der Waals surface area contributed by atoms with E-state index >= 15 is 0 Å². The maximum Gasteiger partial charge on any atom is 0.332 e. The number of hydrogen-bond donors (Lipinski definition) is 2. The van der Waals surface area contributed by atoms with Gasteiger partial charge >= 0.3 is 5.97 Å². The third-order valence-electron chi connectivity index (χ3n) is 1.33. The molecule has 0 aliphatic heterocycles. The Morgan fingerprint density at radius 2 is 2.40 bits per heavy atom. The molecule has 8 nitrogen and oxygen atoms in total. The molecule has 0 aliphatic rings. The first-order chi connectivity index (χ1) is 7.09. The summed E-state index contributed by atoms with van der Waals surface area (Å²) in [6.07, 6.45) is 1.03. The molecule has 0 amide bonds. The van der Waals surface area contributed by atoms with Gasteiger partial charge < -0.3 is 5.11 Å². The quantitative estimate of drug-likeness (QED) is 0.537. The summed E-state index contributed by atoms with van der Waals surface area (Å²) < 4.78 is 0. The molecule has 0 aromatic carbocycles. The standard InChI is InChI=1S/C7H7N3O5/c11-7(12)4-15-9-6-2-1-5(3-8-6)10(13)14/h1-3H,4H2,(H,8,9)(H,11,12). The molecule has 1 aromatic rings. The Labute approximate surface area is 83.6 Å². The summed E-state index contributed by atoms with van der Waals surface area (Å²) in [6.45, 7) is -0.529. The first-order valence-electron chi connectivity index (χ1n) is 3.79. The average Bonchev–Trinajstić information content (AvgIpc) is 2.18. The number of pyridine rings is 1. The second-order valence-corrected chi connectivity index (χ2v) is 2.44. The molecule has 1 heterocycles. The first kappa shape index (κ1) is 10.9. The third kappa shape index (κ3) is 3.56. The highest BCUT2D eigenvalue weighted by atomic mass is 16.7. The molecule has 0 atom stereocenters. The number of nitrogens with zero attached hydrogens (tertiary/aromatic N) is 2. The molecule has 0 spiro atoms. The van der Waals surface area contributed by atoms with E-state index in [1.54, 1.807) is 0 Å². The third-order valence-corrected chi connectivity index (χ3v) is 1.33. The molecule has 0 aliphatic carbocycles. The van der Waals surface area contributed by atoms with E-state index in [0.29, 0.717) is 0 Å². The molecule has 2 N–H and O–H groups in total. The fourth-order valence-electron chi connectivity index (χ4n) is 0.726. The molecule has 0 saturated heterocycles. The lowest BCUT2D eigenvalue weighted by molar-refractivity contribution is -0.385. The van der Waals surface area contributed by atoms with Gasteiger partial charge in [0.05, 0.1) is 4.92 Å². The minimum absolute atomic E-state index is 0.154. The second-order valence-electron chi connectivity index (χ2n) is 2.44. The van der Waals surface area contributed by atoms with E-state index in [2.05, 4.69) is 15.3 Å². The van der Waals surface area contributed by atoms with E-state index in [1.165, 1.54) is 12.1 Å². The number of nitro groups is 1. The first-order valence-corrected chi connectivity index (χ1v) is 3.79. The van der Waals surface area contributed by atoms with E-state index in [1.807, 2.05) is 0 Å². The van der Waals surface area contributed by atoms with Crippen molar-refractivity contribution in [1.82, 2.24) is 4.98 Å². The van der Waals surface area contributed by atoms with Gasteiger partial charge in [0.2, 0.25) is 0 Å². The van der Waals surface area contributed by atoms with Crippen molar-refractivity contribution in [3.63, 3.8) is 0 Å². The summed E-state index contributed by atoms with van der Waals surface area (Å²) in [6, 6.07) is 2.53. The zero-order chi connectivity index (χ0) is 11.3. The largest absolute Gasteiger partial charge is 0.479 e. The minimum Gasteiger partial charge on any atom is -0.479 e. The van der Waals surface area contributed by atoms with Crippen molar-refractivity contribution in [2.45, 2.75) is 0 Å². The molecule has 80 valence electrons. The van der Waals surface area contributed by atoms with Crippen molar-refractivity contribution in [2.24, 2.45) is 0 Å². The molecular weight excluding hydrogens is 206 g/mol. The van der Waals surface area contributed by atoms with Crippen molar-refractivity contribution in [2.75, 3.05) is 12.1 Å². The van der Waals surface area contributed by atoms with Crippen molar-refractivity contribution >= 4 is 17.5 Å². The van der Waals surface area contributed by atoms with E-state index in [-0.39, 0.29) is 11.5 Å². The average molecular weight is 213 g/mol. The number of aliphatic carboxylic acids is 1. The summed E-state index contributed by atoms with van der Waals surface area (Å²) in [5, 5.41) is 18.5. The van der Waals surface area contributed by atoms with Crippen LogP contribution in [0.3, 0.4) is 0 Å². The molecule has 0 fully saturated rings. The molecule has 1 rings (SSSR count). The van der Waals surface area contributed by atoms with Crippen LogP contribution in [0.1, 0.15) is 0 Å². The predicted molar refractivity (Wildman–Crippen MR) is 48.1 cm³/mol. The van der Waals surface area contributed by atoms with Gasteiger partial charge in [-0.2, -0.15) is 0 Å². The molecule has 0 unspecified atom stereocenters. The van der Waals surface area contributed by atoms with Crippen LogP contribution in [0.5, 0.6) is 0 Å². The van der Waals surface area contributed by atoms with Gasteiger partial charge in [0.1, 0.15) is 12.0 Å². The lowest BCUT2D eigenvalue weighted by atomic mass is 10.4. The van der Waals surface area contributed by atoms with Crippen LogP contribution in [0.2, 0.25) is 0 Å². The molecule has 0 bridgehead atoms. The van der Waals surface area contributed by atoms with Gasteiger partial charge in [-0.3, -0.25) is 15.0 Å². The van der Waals surface area contributed by atoms with Crippen molar-refractivity contribution < 1.29 is 19.7 Å². The van der Waals surface area contributed by atoms with Crippen LogP contribution in [-0.4, -0.2) is 27.6 Å². The molecule has 0 saturated carbocycles. The van der Waals surface area contributed by atoms with Crippen molar-refractivity contribution in [3.8, 4) is 0 Å². The Hall–Kier alpha value is -2.22. The van der Waals surface area contributed by atoms with E-state index in [4.69, 9.17) is 5.11 Å². The van der Waals surface area contributed by atoms with Crippen molar-refractivity contribution in [3.05, 3.63) is 28.4 Å². The number of carbonyl (C=O) groups is 1. The Morgan fingerprint density at radius 1 is 1.67 bits per heavy atom. The number of carboxylic acid groups (broad SMARTS) is 1. The highest BCUT2D eigenvalue weighted by molar-refractivity contribution is 5.68. The second kappa shape index (κ2) is 4.86. The van der Waals surface area contributed by atoms with Crippen molar-refractivity contribution in [1.29, 1.82) is 0 Å². The van der Waals surface area contributed by atoms with Gasteiger partial charge in [-0.25, -0.2) is 15.3 Å². The van der Waals surface area contributed by atoms with Crippen LogP contribution in [-0.2, 0) is 9.63 Å². The van der Waals surface area contributed by atoms with Crippen LogP contribution in [0.4, 0.5) is 11.5 Å². The lowest BCUT2D eigenvalue weighted by Gasteiger charge is -2.02. The predicted octanol–water partition coefficient (Wildman–Crippen LogP) is 0.418. The van der Waals surface area contributed by atoms with E-state index in [0.717, 1.165) is 6.20 Å². The molecule has 1 aromatic heterocycles. The Balaban J connectivity index is 2.50. The van der Waals surface area contributed by atoms with Crippen LogP contribution >= 0.6 is 0 Å². The lowest BCUT2D eigenvalue weighted by Crippen LogP contribution is -2.11. The minimum atomic E-state index is -1.13. The van der Waals surface area contributed by atoms with Gasteiger partial charge in [-0.1, -0.05) is 0 Å². The summed E-state index contributed by atoms with van der Waals surface area (Å²) in [4.78, 5) is 27.8. The zero-order valence-corrected chi connectivity index (χ0v) is 7.41. The normalized spacial score (nSPS) is 9.60. The summed E-state index contributed by atoms with van der Waals surface area (Å²) >= 11 is 0. The Morgan fingerprint density at radius 3 is 2.87 bits per heavy atom. The molecule has 8 heteroatoms. The number of carboxylic acids is 1. The van der Waals surface area contributed by atoms with Gasteiger partial charge in [0.15, 0.2) is 6.61 Å².